The van der Waals surface area contributed by atoms with E-state index in [1.165, 1.54) is 24.2 Å². The average Bonchev–Trinajstić information content (AvgIpc) is 2.77. The molecule has 1 aromatic rings. The predicted octanol–water partition coefficient (Wildman–Crippen LogP) is 2.05. The minimum absolute atomic E-state index is 0.0538. The summed E-state index contributed by atoms with van der Waals surface area (Å²) in [4.78, 5) is 24.5. The number of carbonyl (C=O) groups is 2. The summed E-state index contributed by atoms with van der Waals surface area (Å²) >= 11 is 1.45. The van der Waals surface area contributed by atoms with Crippen LogP contribution < -0.4 is 10.6 Å². The number of carbonyl (C=O) groups excluding carboxylic acids is 2. The number of aliphatic hydroxyl groups excluding tert-OH is 1. The number of hydrogen-bond acceptors (Lipinski definition) is 4. The summed E-state index contributed by atoms with van der Waals surface area (Å²) in [5.41, 5.74) is 0.995. The van der Waals surface area contributed by atoms with Crippen LogP contribution in [0.4, 0.5) is 0 Å². The van der Waals surface area contributed by atoms with Gasteiger partial charge in [-0.05, 0) is 36.8 Å². The highest BCUT2D eigenvalue weighted by Gasteiger charge is 2.21. The molecule has 1 aliphatic rings. The van der Waals surface area contributed by atoms with Gasteiger partial charge in [-0.1, -0.05) is 25.7 Å². The Morgan fingerprint density at radius 3 is 2.55 bits per heavy atom. The maximum absolute atomic E-state index is 11.9. The first-order valence-electron chi connectivity index (χ1n) is 7.88. The van der Waals surface area contributed by atoms with Crippen LogP contribution in [-0.4, -0.2) is 29.5 Å². The molecular formula is C16H24N2O3S. The lowest BCUT2D eigenvalue weighted by Gasteiger charge is -2.16. The molecule has 122 valence electrons. The van der Waals surface area contributed by atoms with Crippen LogP contribution in [-0.2, 0) is 9.59 Å². The van der Waals surface area contributed by atoms with E-state index in [0.29, 0.717) is 0 Å². The maximum Gasteiger partial charge on any atom is 0.309 e. The summed E-state index contributed by atoms with van der Waals surface area (Å²) in [6, 6.07) is 2.02. The Bertz CT molecular complexity index is 507. The van der Waals surface area contributed by atoms with Crippen LogP contribution in [0.5, 0.6) is 0 Å². The van der Waals surface area contributed by atoms with Gasteiger partial charge in [0, 0.05) is 17.5 Å². The topological polar surface area (TPSA) is 78.4 Å². The quantitative estimate of drug-likeness (QED) is 0.586. The number of rotatable bonds is 4. The minimum atomic E-state index is -0.769. The van der Waals surface area contributed by atoms with E-state index in [1.807, 2.05) is 18.4 Å². The first-order chi connectivity index (χ1) is 10.6. The Kier molecular flexibility index (Phi) is 6.39. The first-order valence-corrected chi connectivity index (χ1v) is 8.76. The second-order valence-electron chi connectivity index (χ2n) is 5.86. The average molecular weight is 324 g/mol. The van der Waals surface area contributed by atoms with Gasteiger partial charge in [0.1, 0.15) is 6.10 Å². The van der Waals surface area contributed by atoms with Crippen LogP contribution in [0.25, 0.3) is 0 Å². The monoisotopic (exact) mass is 324 g/mol. The van der Waals surface area contributed by atoms with E-state index in [1.54, 1.807) is 0 Å². The number of aliphatic hydroxyl groups is 1. The van der Waals surface area contributed by atoms with E-state index in [4.69, 9.17) is 0 Å². The zero-order valence-electron chi connectivity index (χ0n) is 12.9. The van der Waals surface area contributed by atoms with Crippen LogP contribution in [0.1, 0.15) is 55.1 Å². The van der Waals surface area contributed by atoms with Gasteiger partial charge in [0.15, 0.2) is 0 Å². The highest BCUT2D eigenvalue weighted by atomic mass is 32.1. The van der Waals surface area contributed by atoms with E-state index >= 15 is 0 Å². The molecule has 0 bridgehead atoms. The van der Waals surface area contributed by atoms with Crippen molar-refractivity contribution < 1.29 is 14.7 Å². The number of hydrogen-bond donors (Lipinski definition) is 3. The molecule has 0 radical (unpaired) electrons. The van der Waals surface area contributed by atoms with Crippen molar-refractivity contribution in [1.82, 2.24) is 10.6 Å². The van der Waals surface area contributed by atoms with Gasteiger partial charge in [-0.25, -0.2) is 0 Å². The van der Waals surface area contributed by atoms with Crippen molar-refractivity contribution in [2.75, 3.05) is 6.54 Å². The van der Waals surface area contributed by atoms with Crippen molar-refractivity contribution in [3.05, 3.63) is 21.9 Å². The van der Waals surface area contributed by atoms with Crippen molar-refractivity contribution in [3.8, 4) is 0 Å². The molecule has 1 aliphatic carbocycles. The van der Waals surface area contributed by atoms with E-state index < -0.39 is 17.9 Å². The summed E-state index contributed by atoms with van der Waals surface area (Å²) in [6.45, 7) is 1.97. The molecule has 6 heteroatoms. The van der Waals surface area contributed by atoms with Gasteiger partial charge >= 0.3 is 11.8 Å². The Hall–Kier alpha value is -1.40. The SMILES string of the molecule is Cc1ccsc1C(O)CNC(=O)C(=O)NC1CCCCCC1. The fourth-order valence-corrected chi connectivity index (χ4v) is 3.68. The van der Waals surface area contributed by atoms with Gasteiger partial charge in [0.05, 0.1) is 0 Å². The fraction of sp³-hybridized carbons (Fsp3) is 0.625. The molecule has 2 amide bonds. The van der Waals surface area contributed by atoms with Crippen molar-refractivity contribution in [3.63, 3.8) is 0 Å². The number of nitrogens with one attached hydrogen (secondary N) is 2. The summed E-state index contributed by atoms with van der Waals surface area (Å²) in [6.07, 6.45) is 5.71. The number of thiophene rings is 1. The Labute approximate surface area is 135 Å². The molecule has 1 aromatic heterocycles. The molecule has 0 aliphatic heterocycles. The van der Waals surface area contributed by atoms with Crippen molar-refractivity contribution >= 4 is 23.2 Å². The van der Waals surface area contributed by atoms with Gasteiger partial charge in [0.2, 0.25) is 0 Å². The second-order valence-corrected chi connectivity index (χ2v) is 6.80. The van der Waals surface area contributed by atoms with E-state index in [-0.39, 0.29) is 12.6 Å². The molecule has 1 fully saturated rings. The van der Waals surface area contributed by atoms with Gasteiger partial charge in [-0.3, -0.25) is 9.59 Å². The Morgan fingerprint density at radius 1 is 1.27 bits per heavy atom. The van der Waals surface area contributed by atoms with Crippen molar-refractivity contribution in [1.29, 1.82) is 0 Å². The van der Waals surface area contributed by atoms with Gasteiger partial charge in [-0.15, -0.1) is 11.3 Å². The molecule has 1 heterocycles. The third kappa shape index (κ3) is 4.81. The molecule has 0 aromatic carbocycles. The zero-order chi connectivity index (χ0) is 15.9. The van der Waals surface area contributed by atoms with Crippen LogP contribution in [0.2, 0.25) is 0 Å². The van der Waals surface area contributed by atoms with Gasteiger partial charge in [0.25, 0.3) is 0 Å². The van der Waals surface area contributed by atoms with Crippen molar-refractivity contribution in [2.45, 2.75) is 57.6 Å². The molecule has 1 atom stereocenters. The molecular weight excluding hydrogens is 300 g/mol. The lowest BCUT2D eigenvalue weighted by atomic mass is 10.1. The molecule has 0 spiro atoms. The number of aryl methyl sites for hydroxylation is 1. The van der Waals surface area contributed by atoms with E-state index in [9.17, 15) is 14.7 Å². The smallest absolute Gasteiger partial charge is 0.309 e. The lowest BCUT2D eigenvalue weighted by molar-refractivity contribution is -0.139. The molecule has 3 N–H and O–H groups in total. The summed E-state index contributed by atoms with van der Waals surface area (Å²) in [5.74, 6) is -1.26. The normalized spacial score (nSPS) is 17.5. The number of amides is 2. The highest BCUT2D eigenvalue weighted by Crippen LogP contribution is 2.23. The van der Waals surface area contributed by atoms with Gasteiger partial charge < -0.3 is 15.7 Å². The van der Waals surface area contributed by atoms with Crippen molar-refractivity contribution in [2.24, 2.45) is 0 Å². The van der Waals surface area contributed by atoms with E-state index in [0.717, 1.165) is 36.1 Å². The third-order valence-electron chi connectivity index (χ3n) is 4.06. The first kappa shape index (κ1) is 17.0. The molecule has 1 unspecified atom stereocenters. The fourth-order valence-electron chi connectivity index (χ4n) is 2.76. The third-order valence-corrected chi connectivity index (χ3v) is 5.18. The highest BCUT2D eigenvalue weighted by molar-refractivity contribution is 7.10. The summed E-state index contributed by atoms with van der Waals surface area (Å²) < 4.78 is 0. The standard InChI is InChI=1S/C16H24N2O3S/c1-11-8-9-22-14(11)13(19)10-17-15(20)16(21)18-12-6-4-2-3-5-7-12/h8-9,12-13,19H,2-7,10H2,1H3,(H,17,20)(H,18,21). The van der Waals surface area contributed by atoms with Crippen LogP contribution in [0, 0.1) is 6.92 Å². The van der Waals surface area contributed by atoms with Crippen LogP contribution >= 0.6 is 11.3 Å². The summed E-state index contributed by atoms with van der Waals surface area (Å²) in [5, 5.41) is 17.2. The molecule has 1 saturated carbocycles. The van der Waals surface area contributed by atoms with Gasteiger partial charge in [-0.2, -0.15) is 0 Å². The molecule has 0 saturated heterocycles. The summed E-state index contributed by atoms with van der Waals surface area (Å²) in [7, 11) is 0. The lowest BCUT2D eigenvalue weighted by Crippen LogP contribution is -2.45. The molecule has 2 rings (SSSR count). The maximum atomic E-state index is 11.9. The predicted molar refractivity (Wildman–Crippen MR) is 86.7 cm³/mol. The molecule has 5 nitrogen and oxygen atoms in total. The Balaban J connectivity index is 1.76. The van der Waals surface area contributed by atoms with Crippen LogP contribution in [0.3, 0.4) is 0 Å². The van der Waals surface area contributed by atoms with Crippen LogP contribution in [0.15, 0.2) is 11.4 Å². The largest absolute Gasteiger partial charge is 0.386 e. The molecule has 22 heavy (non-hydrogen) atoms. The Morgan fingerprint density at radius 2 is 1.95 bits per heavy atom. The second kappa shape index (κ2) is 8.29. The zero-order valence-corrected chi connectivity index (χ0v) is 13.7. The van der Waals surface area contributed by atoms with E-state index in [2.05, 4.69) is 10.6 Å². The minimum Gasteiger partial charge on any atom is -0.386 e.